The number of halogens is 1. The number of benzene rings is 2. The van der Waals surface area contributed by atoms with Crippen molar-refractivity contribution >= 4 is 39.9 Å². The van der Waals surface area contributed by atoms with E-state index < -0.39 is 12.0 Å². The lowest BCUT2D eigenvalue weighted by Crippen LogP contribution is -2.40. The van der Waals surface area contributed by atoms with Gasteiger partial charge in [0.2, 0.25) is 0 Å². The second-order valence-electron chi connectivity index (χ2n) is 8.46. The van der Waals surface area contributed by atoms with Crippen molar-refractivity contribution in [2.24, 2.45) is 0 Å². The van der Waals surface area contributed by atoms with Gasteiger partial charge in [-0.15, -0.1) is 11.3 Å². The zero-order valence-corrected chi connectivity index (χ0v) is 20.7. The van der Waals surface area contributed by atoms with Crippen LogP contribution < -0.4 is 4.90 Å². The molecular weight excluding hydrogens is 470 g/mol. The molecule has 0 spiro atoms. The third-order valence-corrected chi connectivity index (χ3v) is 7.30. The Morgan fingerprint density at radius 1 is 1.21 bits per heavy atom. The van der Waals surface area contributed by atoms with Gasteiger partial charge in [-0.1, -0.05) is 55.3 Å². The number of rotatable bonds is 9. The summed E-state index contributed by atoms with van der Waals surface area (Å²) in [6.45, 7) is 4.20. The fourth-order valence-corrected chi connectivity index (χ4v) is 5.28. The fraction of sp³-hybridized carbons (Fsp3) is 0.346. The van der Waals surface area contributed by atoms with Gasteiger partial charge in [-0.05, 0) is 43.0 Å². The molecule has 2 heterocycles. The molecule has 1 aromatic heterocycles. The highest BCUT2D eigenvalue weighted by atomic mass is 35.5. The van der Waals surface area contributed by atoms with Crippen LogP contribution in [0.25, 0.3) is 11.3 Å². The first-order chi connectivity index (χ1) is 16.5. The van der Waals surface area contributed by atoms with Gasteiger partial charge in [0.15, 0.2) is 5.13 Å². The second-order valence-corrected chi connectivity index (χ2v) is 9.71. The van der Waals surface area contributed by atoms with Crippen molar-refractivity contribution in [3.8, 4) is 11.3 Å². The first-order valence-electron chi connectivity index (χ1n) is 11.6. The van der Waals surface area contributed by atoms with Crippen LogP contribution in [0.5, 0.6) is 0 Å². The van der Waals surface area contributed by atoms with Crippen LogP contribution >= 0.6 is 22.9 Å². The largest absolute Gasteiger partial charge is 0.480 e. The van der Waals surface area contributed by atoms with E-state index in [0.717, 1.165) is 47.8 Å². The molecular formula is C26H28ClN3O3S. The average Bonchev–Trinajstić information content (AvgIpc) is 3.52. The third kappa shape index (κ3) is 5.42. The van der Waals surface area contributed by atoms with Crippen molar-refractivity contribution in [3.05, 3.63) is 70.1 Å². The van der Waals surface area contributed by atoms with Crippen LogP contribution in [0.2, 0.25) is 5.02 Å². The number of unbranched alkanes of at least 4 members (excludes halogenated alkanes) is 1. The van der Waals surface area contributed by atoms with Crippen LogP contribution in [0.3, 0.4) is 0 Å². The maximum absolute atomic E-state index is 12.9. The molecule has 178 valence electrons. The van der Waals surface area contributed by atoms with Crippen molar-refractivity contribution in [1.29, 1.82) is 0 Å². The van der Waals surface area contributed by atoms with Gasteiger partial charge in [-0.25, -0.2) is 9.78 Å². The third-order valence-electron chi connectivity index (χ3n) is 6.07. The van der Waals surface area contributed by atoms with Crippen molar-refractivity contribution < 1.29 is 14.7 Å². The summed E-state index contributed by atoms with van der Waals surface area (Å²) in [7, 11) is 0. The van der Waals surface area contributed by atoms with E-state index in [1.165, 1.54) is 4.90 Å². The zero-order valence-electron chi connectivity index (χ0n) is 19.1. The molecule has 1 fully saturated rings. The van der Waals surface area contributed by atoms with Gasteiger partial charge in [0.05, 0.1) is 5.69 Å². The Morgan fingerprint density at radius 3 is 2.68 bits per heavy atom. The van der Waals surface area contributed by atoms with E-state index in [-0.39, 0.29) is 5.91 Å². The molecule has 8 heteroatoms. The van der Waals surface area contributed by atoms with Gasteiger partial charge in [0, 0.05) is 41.2 Å². The van der Waals surface area contributed by atoms with Gasteiger partial charge in [0.25, 0.3) is 5.91 Å². The number of anilines is 1. The minimum absolute atomic E-state index is 0.219. The number of carbonyl (C=O) groups excluding carboxylic acids is 1. The number of hydrogen-bond acceptors (Lipinski definition) is 5. The summed E-state index contributed by atoms with van der Waals surface area (Å²) in [6.07, 6.45) is 3.35. The van der Waals surface area contributed by atoms with E-state index in [0.29, 0.717) is 30.1 Å². The number of aromatic nitrogens is 1. The van der Waals surface area contributed by atoms with E-state index in [4.69, 9.17) is 16.6 Å². The van der Waals surface area contributed by atoms with Crippen LogP contribution in [-0.4, -0.2) is 46.0 Å². The number of likely N-dealkylation sites (tertiary alicyclic amines) is 1. The van der Waals surface area contributed by atoms with Crippen molar-refractivity contribution in [1.82, 2.24) is 9.88 Å². The molecule has 6 nitrogen and oxygen atoms in total. The fourth-order valence-electron chi connectivity index (χ4n) is 4.20. The molecule has 2 aromatic carbocycles. The summed E-state index contributed by atoms with van der Waals surface area (Å²) >= 11 is 7.96. The Balaban J connectivity index is 1.49. The van der Waals surface area contributed by atoms with Gasteiger partial charge in [-0.3, -0.25) is 4.79 Å². The smallest absolute Gasteiger partial charge is 0.326 e. The predicted molar refractivity (Wildman–Crippen MR) is 137 cm³/mol. The quantitative estimate of drug-likeness (QED) is 0.395. The molecule has 4 rings (SSSR count). The number of carboxylic acids is 1. The molecule has 1 unspecified atom stereocenters. The molecule has 0 radical (unpaired) electrons. The Labute approximate surface area is 208 Å². The van der Waals surface area contributed by atoms with Crippen molar-refractivity contribution in [3.63, 3.8) is 0 Å². The lowest BCUT2D eigenvalue weighted by Gasteiger charge is -2.23. The number of thiazole rings is 1. The maximum Gasteiger partial charge on any atom is 0.326 e. The van der Waals surface area contributed by atoms with Crippen LogP contribution in [0.1, 0.15) is 48.5 Å². The van der Waals surface area contributed by atoms with Crippen LogP contribution in [0, 0.1) is 0 Å². The lowest BCUT2D eigenvalue weighted by atomic mass is 10.1. The van der Waals surface area contributed by atoms with Gasteiger partial charge in [0.1, 0.15) is 6.04 Å². The number of hydrogen-bond donors (Lipinski definition) is 1. The minimum Gasteiger partial charge on any atom is -0.480 e. The summed E-state index contributed by atoms with van der Waals surface area (Å²) in [5, 5.41) is 13.0. The summed E-state index contributed by atoms with van der Waals surface area (Å²) < 4.78 is 0. The number of nitrogens with zero attached hydrogens (tertiary/aromatic N) is 3. The Bertz CT molecular complexity index is 1150. The highest BCUT2D eigenvalue weighted by molar-refractivity contribution is 7.14. The molecule has 1 atom stereocenters. The average molecular weight is 498 g/mol. The number of amides is 1. The first kappa shape index (κ1) is 24.2. The molecule has 0 saturated carbocycles. The van der Waals surface area contributed by atoms with Gasteiger partial charge in [-0.2, -0.15) is 0 Å². The number of aliphatic carboxylic acids is 1. The maximum atomic E-state index is 12.9. The SMILES string of the molecule is CCCCN(Cc1ccc(C(=O)N2CCCC2C(=O)O)cc1)c1nc(-c2ccccc2Cl)cs1. The molecule has 1 aliphatic rings. The molecule has 0 bridgehead atoms. The summed E-state index contributed by atoms with van der Waals surface area (Å²) in [5.74, 6) is -1.16. The van der Waals surface area contributed by atoms with E-state index in [9.17, 15) is 14.7 Å². The van der Waals surface area contributed by atoms with Crippen LogP contribution in [0.4, 0.5) is 5.13 Å². The minimum atomic E-state index is -0.936. The number of carboxylic acid groups (broad SMARTS) is 1. The standard InChI is InChI=1S/C26H28ClN3O3S/c1-2-3-14-29(26-28-22(17-34-26)20-7-4-5-8-21(20)27)16-18-10-12-19(13-11-18)24(31)30-15-6-9-23(30)25(32)33/h4-5,7-8,10-13,17,23H,2-3,6,9,14-16H2,1H3,(H,32,33). The highest BCUT2D eigenvalue weighted by Gasteiger charge is 2.34. The Kier molecular flexibility index (Phi) is 7.85. The molecule has 1 N–H and O–H groups in total. The second kappa shape index (κ2) is 11.0. The first-order valence-corrected chi connectivity index (χ1v) is 12.8. The number of carbonyl (C=O) groups is 2. The van der Waals surface area contributed by atoms with Crippen LogP contribution in [-0.2, 0) is 11.3 Å². The summed E-state index contributed by atoms with van der Waals surface area (Å²) in [6, 6.07) is 14.5. The summed E-state index contributed by atoms with van der Waals surface area (Å²) in [4.78, 5) is 32.9. The van der Waals surface area contributed by atoms with E-state index >= 15 is 0 Å². The Morgan fingerprint density at radius 2 is 1.97 bits per heavy atom. The molecule has 1 amide bonds. The Hall–Kier alpha value is -2.90. The lowest BCUT2D eigenvalue weighted by molar-refractivity contribution is -0.141. The topological polar surface area (TPSA) is 73.7 Å². The molecule has 1 aliphatic heterocycles. The zero-order chi connectivity index (χ0) is 24.1. The molecule has 1 saturated heterocycles. The monoisotopic (exact) mass is 497 g/mol. The van der Waals surface area contributed by atoms with Crippen LogP contribution in [0.15, 0.2) is 53.9 Å². The molecule has 3 aromatic rings. The highest BCUT2D eigenvalue weighted by Crippen LogP contribution is 2.32. The molecule has 34 heavy (non-hydrogen) atoms. The summed E-state index contributed by atoms with van der Waals surface area (Å²) in [5.41, 5.74) is 3.38. The normalized spacial score (nSPS) is 15.5. The van der Waals surface area contributed by atoms with Gasteiger partial charge >= 0.3 is 5.97 Å². The van der Waals surface area contributed by atoms with Crippen molar-refractivity contribution in [2.75, 3.05) is 18.0 Å². The predicted octanol–water partition coefficient (Wildman–Crippen LogP) is 5.96. The molecule has 0 aliphatic carbocycles. The van der Waals surface area contributed by atoms with Crippen molar-refractivity contribution in [2.45, 2.75) is 45.2 Å². The van der Waals surface area contributed by atoms with E-state index in [1.54, 1.807) is 23.5 Å². The van der Waals surface area contributed by atoms with E-state index in [1.807, 2.05) is 41.8 Å². The van der Waals surface area contributed by atoms with Gasteiger partial charge < -0.3 is 14.9 Å². The van der Waals surface area contributed by atoms with E-state index in [2.05, 4.69) is 11.8 Å².